The monoisotopic (exact) mass is 231 g/mol. The zero-order chi connectivity index (χ0) is 10.6. The van der Waals surface area contributed by atoms with Crippen molar-refractivity contribution < 1.29 is 9.63 Å². The summed E-state index contributed by atoms with van der Waals surface area (Å²) in [7, 11) is 1.36. The van der Waals surface area contributed by atoms with E-state index in [1.807, 2.05) is 0 Å². The molecule has 74 valence electrons. The fraction of sp³-hybridized carbons (Fsp3) is 0.111. The molecule has 0 unspecified atom stereocenters. The predicted molar refractivity (Wildman–Crippen MR) is 56.1 cm³/mol. The molecule has 1 aromatic carbocycles. The molecule has 14 heavy (non-hydrogen) atoms. The van der Waals surface area contributed by atoms with Gasteiger partial charge in [-0.05, 0) is 18.2 Å². The molecule has 0 bridgehead atoms. The first-order valence-electron chi connectivity index (χ1n) is 3.70. The highest BCUT2D eigenvalue weighted by molar-refractivity contribution is 6.39. The van der Waals surface area contributed by atoms with E-state index in [1.54, 1.807) is 18.2 Å². The van der Waals surface area contributed by atoms with Gasteiger partial charge in [-0.3, -0.25) is 4.79 Å². The first-order valence-corrected chi connectivity index (χ1v) is 4.45. The van der Waals surface area contributed by atoms with Gasteiger partial charge in [-0.15, -0.1) is 0 Å². The summed E-state index contributed by atoms with van der Waals surface area (Å²) in [5.41, 5.74) is 0.677. The van der Waals surface area contributed by atoms with Crippen molar-refractivity contribution in [3.8, 4) is 0 Å². The molecule has 0 heterocycles. The summed E-state index contributed by atoms with van der Waals surface area (Å²) in [6.07, 6.45) is 0.575. The van der Waals surface area contributed by atoms with Gasteiger partial charge in [-0.2, -0.15) is 0 Å². The lowest BCUT2D eigenvalue weighted by molar-refractivity contribution is -0.102. The summed E-state index contributed by atoms with van der Waals surface area (Å²) in [5.74, 6) is 0. The second-order valence-corrected chi connectivity index (χ2v) is 3.31. The van der Waals surface area contributed by atoms with Gasteiger partial charge >= 0.3 is 0 Å². The van der Waals surface area contributed by atoms with Crippen LogP contribution in [0.2, 0.25) is 10.0 Å². The quantitative estimate of drug-likeness (QED) is 0.456. The molecule has 1 aromatic rings. The Hall–Kier alpha value is -1.06. The van der Waals surface area contributed by atoms with Crippen LogP contribution in [0.25, 0.3) is 0 Å². The molecule has 0 aliphatic carbocycles. The highest BCUT2D eigenvalue weighted by Gasteiger charge is 2.05. The van der Waals surface area contributed by atoms with E-state index < -0.39 is 0 Å². The zero-order valence-electron chi connectivity index (χ0n) is 7.33. The molecule has 1 rings (SSSR count). The minimum absolute atomic E-state index is 0.150. The molecule has 5 heteroatoms. The van der Waals surface area contributed by atoms with Gasteiger partial charge in [0.1, 0.15) is 12.8 Å². The number of hydrogen-bond donors (Lipinski definition) is 0. The molecular weight excluding hydrogens is 225 g/mol. The van der Waals surface area contributed by atoms with Crippen molar-refractivity contribution in [2.75, 3.05) is 7.11 Å². The molecule has 0 saturated heterocycles. The minimum atomic E-state index is 0.150. The van der Waals surface area contributed by atoms with Gasteiger partial charge in [-0.25, -0.2) is 0 Å². The fourth-order valence-corrected chi connectivity index (χ4v) is 1.47. The Labute approximate surface area is 91.3 Å². The second-order valence-electron chi connectivity index (χ2n) is 2.44. The van der Waals surface area contributed by atoms with Crippen LogP contribution in [0, 0.1) is 0 Å². The van der Waals surface area contributed by atoms with Crippen molar-refractivity contribution in [1.29, 1.82) is 0 Å². The second kappa shape index (κ2) is 4.98. The molecule has 0 saturated carbocycles. The van der Waals surface area contributed by atoms with Gasteiger partial charge < -0.3 is 4.84 Å². The van der Waals surface area contributed by atoms with Crippen molar-refractivity contribution in [2.24, 2.45) is 5.16 Å². The van der Waals surface area contributed by atoms with E-state index in [4.69, 9.17) is 23.2 Å². The number of carbonyl (C=O) groups is 1. The number of oxime groups is 1. The van der Waals surface area contributed by atoms with Crippen molar-refractivity contribution in [1.82, 2.24) is 0 Å². The van der Waals surface area contributed by atoms with Crippen LogP contribution < -0.4 is 0 Å². The van der Waals surface area contributed by atoms with Crippen LogP contribution in [0.3, 0.4) is 0 Å². The highest BCUT2D eigenvalue weighted by Crippen LogP contribution is 2.19. The molecule has 0 fully saturated rings. The Balaban J connectivity index is 3.16. The van der Waals surface area contributed by atoms with Gasteiger partial charge in [0.15, 0.2) is 6.29 Å². The standard InChI is InChI=1S/C9H7Cl2NO2/c1-14-12-9(5-13)6-2-7(10)4-8(11)3-6/h2-5H,1H3/b12-9-. The number of nitrogens with zero attached hydrogens (tertiary/aromatic N) is 1. The maximum atomic E-state index is 10.6. The summed E-state index contributed by atoms with van der Waals surface area (Å²) in [6, 6.07) is 4.74. The van der Waals surface area contributed by atoms with Gasteiger partial charge in [-0.1, -0.05) is 28.4 Å². The summed E-state index contributed by atoms with van der Waals surface area (Å²) in [6.45, 7) is 0. The van der Waals surface area contributed by atoms with E-state index >= 15 is 0 Å². The highest BCUT2D eigenvalue weighted by atomic mass is 35.5. The van der Waals surface area contributed by atoms with Crippen LogP contribution in [0.5, 0.6) is 0 Å². The smallest absolute Gasteiger partial charge is 0.172 e. The van der Waals surface area contributed by atoms with Gasteiger partial charge in [0.05, 0.1) is 0 Å². The number of aldehydes is 1. The first-order chi connectivity index (χ1) is 6.67. The molecule has 0 N–H and O–H groups in total. The summed E-state index contributed by atoms with van der Waals surface area (Å²) in [4.78, 5) is 15.1. The minimum Gasteiger partial charge on any atom is -0.399 e. The SMILES string of the molecule is CO/N=C(/C=O)c1cc(Cl)cc(Cl)c1. The number of carbonyl (C=O) groups excluding carboxylic acids is 1. The van der Waals surface area contributed by atoms with Crippen LogP contribution >= 0.6 is 23.2 Å². The third-order valence-corrected chi connectivity index (χ3v) is 1.90. The van der Waals surface area contributed by atoms with E-state index in [0.29, 0.717) is 21.9 Å². The molecule has 0 amide bonds. The largest absolute Gasteiger partial charge is 0.399 e. The van der Waals surface area contributed by atoms with Crippen molar-refractivity contribution in [3.63, 3.8) is 0 Å². The molecule has 0 aliphatic heterocycles. The normalized spacial score (nSPS) is 11.2. The number of benzene rings is 1. The predicted octanol–water partition coefficient (Wildman–Crippen LogP) is 2.54. The lowest BCUT2D eigenvalue weighted by atomic mass is 10.1. The van der Waals surface area contributed by atoms with Gasteiger partial charge in [0.25, 0.3) is 0 Å². The van der Waals surface area contributed by atoms with E-state index in [0.717, 1.165) is 0 Å². The fourth-order valence-electron chi connectivity index (χ4n) is 0.942. The third-order valence-electron chi connectivity index (χ3n) is 1.46. The Morgan fingerprint density at radius 2 is 1.93 bits per heavy atom. The number of rotatable bonds is 3. The van der Waals surface area contributed by atoms with Crippen LogP contribution in [0.1, 0.15) is 5.56 Å². The van der Waals surface area contributed by atoms with Gasteiger partial charge in [0, 0.05) is 15.6 Å². The molecule has 0 aliphatic rings. The van der Waals surface area contributed by atoms with E-state index in [9.17, 15) is 4.79 Å². The Kier molecular flexibility index (Phi) is 3.92. The summed E-state index contributed by atoms with van der Waals surface area (Å²) in [5, 5.41) is 4.41. The summed E-state index contributed by atoms with van der Waals surface area (Å²) >= 11 is 11.5. The first kappa shape index (κ1) is 11.0. The maximum absolute atomic E-state index is 10.6. The van der Waals surface area contributed by atoms with Crippen LogP contribution in [0.15, 0.2) is 23.4 Å². The molecule has 0 radical (unpaired) electrons. The van der Waals surface area contributed by atoms with Crippen molar-refractivity contribution >= 4 is 35.2 Å². The van der Waals surface area contributed by atoms with Crippen LogP contribution in [-0.2, 0) is 9.63 Å². The molecule has 3 nitrogen and oxygen atoms in total. The number of halogens is 2. The molecule has 0 aromatic heterocycles. The Morgan fingerprint density at radius 3 is 2.36 bits per heavy atom. The lowest BCUT2D eigenvalue weighted by Gasteiger charge is -2.00. The van der Waals surface area contributed by atoms with Crippen molar-refractivity contribution in [2.45, 2.75) is 0 Å². The van der Waals surface area contributed by atoms with Gasteiger partial charge in [0.2, 0.25) is 0 Å². The average molecular weight is 232 g/mol. The van der Waals surface area contributed by atoms with E-state index in [1.165, 1.54) is 7.11 Å². The van der Waals surface area contributed by atoms with E-state index in [-0.39, 0.29) is 5.71 Å². The zero-order valence-corrected chi connectivity index (χ0v) is 8.84. The van der Waals surface area contributed by atoms with Crippen LogP contribution in [0.4, 0.5) is 0 Å². The Morgan fingerprint density at radius 1 is 1.36 bits per heavy atom. The average Bonchev–Trinajstić information content (AvgIpc) is 2.12. The summed E-state index contributed by atoms with van der Waals surface area (Å²) < 4.78 is 0. The number of hydrogen-bond acceptors (Lipinski definition) is 3. The third kappa shape index (κ3) is 2.72. The Bertz CT molecular complexity index is 357. The van der Waals surface area contributed by atoms with Crippen molar-refractivity contribution in [3.05, 3.63) is 33.8 Å². The molecule has 0 spiro atoms. The topological polar surface area (TPSA) is 38.7 Å². The molecule has 0 atom stereocenters. The molecular formula is C9H7Cl2NO2. The maximum Gasteiger partial charge on any atom is 0.172 e. The lowest BCUT2D eigenvalue weighted by Crippen LogP contribution is -2.02. The van der Waals surface area contributed by atoms with E-state index in [2.05, 4.69) is 9.99 Å². The van der Waals surface area contributed by atoms with Crippen LogP contribution in [-0.4, -0.2) is 19.1 Å².